The van der Waals surface area contributed by atoms with Crippen LogP contribution in [0, 0.1) is 5.82 Å². The van der Waals surface area contributed by atoms with E-state index in [0.29, 0.717) is 17.6 Å². The summed E-state index contributed by atoms with van der Waals surface area (Å²) in [5, 5.41) is 7.21. The van der Waals surface area contributed by atoms with E-state index in [4.69, 9.17) is 4.74 Å². The largest absolute Gasteiger partial charge is 0.496 e. The molecule has 0 aliphatic heterocycles. The maximum Gasteiger partial charge on any atom is 0.250 e. The molecular formula is C19H19BrFN7O. The molecule has 2 aromatic carbocycles. The van der Waals surface area contributed by atoms with E-state index < -0.39 is 0 Å². The van der Waals surface area contributed by atoms with Crippen molar-refractivity contribution in [2.45, 2.75) is 0 Å². The van der Waals surface area contributed by atoms with Crippen molar-refractivity contribution >= 4 is 45.7 Å². The summed E-state index contributed by atoms with van der Waals surface area (Å²) in [5.74, 6) is 1.42. The molecule has 0 saturated carbocycles. The van der Waals surface area contributed by atoms with Crippen molar-refractivity contribution in [1.82, 2.24) is 15.0 Å². The molecule has 0 bridgehead atoms. The van der Waals surface area contributed by atoms with Gasteiger partial charge in [-0.1, -0.05) is 0 Å². The fraction of sp³-hybridized carbons (Fsp3) is 0.158. The number of nitrogens with one attached hydrogen (secondary N) is 2. The molecule has 0 saturated heterocycles. The summed E-state index contributed by atoms with van der Waals surface area (Å²) in [5.41, 5.74) is 4.32. The average Bonchev–Trinajstić information content (AvgIpc) is 2.70. The zero-order chi connectivity index (χ0) is 20.8. The van der Waals surface area contributed by atoms with Crippen molar-refractivity contribution in [2.75, 3.05) is 36.8 Å². The van der Waals surface area contributed by atoms with Gasteiger partial charge in [-0.2, -0.15) is 20.1 Å². The molecule has 0 aliphatic carbocycles. The van der Waals surface area contributed by atoms with Crippen LogP contribution in [0.4, 0.5) is 27.9 Å². The lowest BCUT2D eigenvalue weighted by molar-refractivity contribution is 0.412. The van der Waals surface area contributed by atoms with E-state index in [-0.39, 0.29) is 11.8 Å². The van der Waals surface area contributed by atoms with Gasteiger partial charge in [0.2, 0.25) is 17.8 Å². The van der Waals surface area contributed by atoms with Crippen LogP contribution in [0.25, 0.3) is 0 Å². The molecule has 0 atom stereocenters. The summed E-state index contributed by atoms with van der Waals surface area (Å²) < 4.78 is 19.1. The first-order valence-corrected chi connectivity index (χ1v) is 9.32. The van der Waals surface area contributed by atoms with Crippen LogP contribution in [0.2, 0.25) is 0 Å². The molecule has 0 aliphatic rings. The number of methoxy groups -OCH3 is 1. The summed E-state index contributed by atoms with van der Waals surface area (Å²) >= 11 is 3.44. The first-order valence-electron chi connectivity index (χ1n) is 8.53. The number of hydrazone groups is 1. The number of rotatable bonds is 7. The fourth-order valence-electron chi connectivity index (χ4n) is 2.26. The normalized spacial score (nSPS) is 10.8. The molecule has 1 aromatic heterocycles. The quantitative estimate of drug-likeness (QED) is 0.407. The molecule has 0 unspecified atom stereocenters. The molecule has 3 aromatic rings. The molecule has 2 N–H and O–H groups in total. The SMILES string of the molecule is COc1ccc(/C=N\Nc2nc(Nc3ccc(F)cc3)nc(N(C)C)n2)cc1Br. The summed E-state index contributed by atoms with van der Waals surface area (Å²) in [4.78, 5) is 14.7. The third kappa shape index (κ3) is 5.61. The Bertz CT molecular complexity index is 1010. The Morgan fingerprint density at radius 2 is 1.79 bits per heavy atom. The highest BCUT2D eigenvalue weighted by Gasteiger charge is 2.08. The van der Waals surface area contributed by atoms with E-state index in [0.717, 1.165) is 15.8 Å². The van der Waals surface area contributed by atoms with E-state index in [1.165, 1.54) is 12.1 Å². The number of aromatic nitrogens is 3. The number of ether oxygens (including phenoxy) is 1. The molecule has 0 amide bonds. The monoisotopic (exact) mass is 459 g/mol. The molecule has 0 fully saturated rings. The van der Waals surface area contributed by atoms with Gasteiger partial charge in [0, 0.05) is 19.8 Å². The van der Waals surface area contributed by atoms with Crippen LogP contribution >= 0.6 is 15.9 Å². The molecule has 3 rings (SSSR count). The average molecular weight is 460 g/mol. The van der Waals surface area contributed by atoms with Gasteiger partial charge in [0.05, 0.1) is 17.8 Å². The second-order valence-electron chi connectivity index (χ2n) is 6.07. The Morgan fingerprint density at radius 3 is 2.45 bits per heavy atom. The van der Waals surface area contributed by atoms with Crippen molar-refractivity contribution in [1.29, 1.82) is 0 Å². The van der Waals surface area contributed by atoms with E-state index in [1.807, 2.05) is 32.3 Å². The summed E-state index contributed by atoms with van der Waals surface area (Å²) in [6, 6.07) is 11.5. The summed E-state index contributed by atoms with van der Waals surface area (Å²) in [6.45, 7) is 0. The minimum absolute atomic E-state index is 0.261. The van der Waals surface area contributed by atoms with E-state index in [1.54, 1.807) is 30.4 Å². The molecule has 29 heavy (non-hydrogen) atoms. The maximum atomic E-state index is 13.1. The third-order valence-corrected chi connectivity index (χ3v) is 4.30. The van der Waals surface area contributed by atoms with Crippen molar-refractivity contribution < 1.29 is 9.13 Å². The van der Waals surface area contributed by atoms with Crippen LogP contribution in [-0.4, -0.2) is 42.4 Å². The van der Waals surface area contributed by atoms with Crippen molar-refractivity contribution in [3.63, 3.8) is 0 Å². The lowest BCUT2D eigenvalue weighted by Crippen LogP contribution is -2.15. The van der Waals surface area contributed by atoms with Gasteiger partial charge in [-0.15, -0.1) is 0 Å². The van der Waals surface area contributed by atoms with Gasteiger partial charge in [-0.25, -0.2) is 9.82 Å². The lowest BCUT2D eigenvalue weighted by atomic mass is 10.2. The van der Waals surface area contributed by atoms with Gasteiger partial charge in [0.15, 0.2) is 0 Å². The number of benzene rings is 2. The lowest BCUT2D eigenvalue weighted by Gasteiger charge is -2.13. The van der Waals surface area contributed by atoms with Crippen molar-refractivity contribution in [3.05, 3.63) is 58.3 Å². The minimum atomic E-state index is -0.318. The van der Waals surface area contributed by atoms with Crippen LogP contribution in [0.3, 0.4) is 0 Å². The van der Waals surface area contributed by atoms with Gasteiger partial charge >= 0.3 is 0 Å². The highest BCUT2D eigenvalue weighted by molar-refractivity contribution is 9.10. The van der Waals surface area contributed by atoms with Gasteiger partial charge in [0.25, 0.3) is 0 Å². The Morgan fingerprint density at radius 1 is 1.07 bits per heavy atom. The van der Waals surface area contributed by atoms with Crippen molar-refractivity contribution in [3.8, 4) is 5.75 Å². The maximum absolute atomic E-state index is 13.1. The summed E-state index contributed by atoms with van der Waals surface area (Å²) in [7, 11) is 5.24. The van der Waals surface area contributed by atoms with Gasteiger partial charge in [-0.05, 0) is 64.0 Å². The van der Waals surface area contributed by atoms with Crippen LogP contribution in [0.1, 0.15) is 5.56 Å². The Kier molecular flexibility index (Phi) is 6.55. The molecule has 0 radical (unpaired) electrons. The first-order chi connectivity index (χ1) is 13.9. The Hall–Kier alpha value is -3.27. The van der Waals surface area contributed by atoms with Gasteiger partial charge in [-0.3, -0.25) is 0 Å². The molecule has 10 heteroatoms. The zero-order valence-corrected chi connectivity index (χ0v) is 17.6. The minimum Gasteiger partial charge on any atom is -0.496 e. The molecule has 8 nitrogen and oxygen atoms in total. The second kappa shape index (κ2) is 9.28. The molecule has 1 heterocycles. The zero-order valence-electron chi connectivity index (χ0n) is 16.0. The topological polar surface area (TPSA) is 87.6 Å². The number of halogens is 2. The Labute approximate surface area is 176 Å². The molecular weight excluding hydrogens is 441 g/mol. The first kappa shape index (κ1) is 20.5. The predicted molar refractivity (Wildman–Crippen MR) is 116 cm³/mol. The van der Waals surface area contributed by atoms with Crippen LogP contribution < -0.4 is 20.4 Å². The second-order valence-corrected chi connectivity index (χ2v) is 6.93. The van der Waals surface area contributed by atoms with Gasteiger partial charge < -0.3 is 15.0 Å². The van der Waals surface area contributed by atoms with Crippen LogP contribution in [0.15, 0.2) is 52.0 Å². The Balaban J connectivity index is 1.78. The standard InChI is InChI=1S/C19H19BrFN7O/c1-28(2)19-25-17(23-14-7-5-13(21)6-8-14)24-18(26-19)27-22-11-12-4-9-16(29-3)15(20)10-12/h4-11H,1-3H3,(H2,23,24,25,26,27)/b22-11-. The van der Waals surface area contributed by atoms with Gasteiger partial charge in [0.1, 0.15) is 11.6 Å². The molecule has 150 valence electrons. The van der Waals surface area contributed by atoms with Crippen LogP contribution in [-0.2, 0) is 0 Å². The van der Waals surface area contributed by atoms with Crippen LogP contribution in [0.5, 0.6) is 5.75 Å². The summed E-state index contributed by atoms with van der Waals surface area (Å²) in [6.07, 6.45) is 1.64. The number of nitrogens with zero attached hydrogens (tertiary/aromatic N) is 5. The number of hydrogen-bond acceptors (Lipinski definition) is 8. The van der Waals surface area contributed by atoms with E-state index in [9.17, 15) is 4.39 Å². The van der Waals surface area contributed by atoms with E-state index in [2.05, 4.69) is 46.7 Å². The predicted octanol–water partition coefficient (Wildman–Crippen LogP) is 4.04. The van der Waals surface area contributed by atoms with Crippen molar-refractivity contribution in [2.24, 2.45) is 5.10 Å². The smallest absolute Gasteiger partial charge is 0.250 e. The highest BCUT2D eigenvalue weighted by Crippen LogP contribution is 2.25. The molecule has 0 spiro atoms. The number of anilines is 4. The third-order valence-electron chi connectivity index (χ3n) is 3.68. The fourth-order valence-corrected chi connectivity index (χ4v) is 2.82. The van der Waals surface area contributed by atoms with E-state index >= 15 is 0 Å². The highest BCUT2D eigenvalue weighted by atomic mass is 79.9. The number of hydrogen-bond donors (Lipinski definition) is 2.